The molecule has 2 saturated heterocycles. The van der Waals surface area contributed by atoms with Gasteiger partial charge in [0.15, 0.2) is 0 Å². The van der Waals surface area contributed by atoms with Gasteiger partial charge in [-0.3, -0.25) is 9.59 Å². The lowest BCUT2D eigenvalue weighted by molar-refractivity contribution is -0.147. The summed E-state index contributed by atoms with van der Waals surface area (Å²) < 4.78 is 5.34. The number of likely N-dealkylation sites (tertiary alicyclic amines) is 1. The summed E-state index contributed by atoms with van der Waals surface area (Å²) in [6.45, 7) is 6.82. The third-order valence-corrected chi connectivity index (χ3v) is 6.23. The van der Waals surface area contributed by atoms with E-state index in [0.717, 1.165) is 38.8 Å². The maximum Gasteiger partial charge on any atom is 0.329 e. The van der Waals surface area contributed by atoms with Crippen LogP contribution in [-0.2, 0) is 19.1 Å². The summed E-state index contributed by atoms with van der Waals surface area (Å²) in [5.74, 6) is -0.406. The van der Waals surface area contributed by atoms with E-state index in [9.17, 15) is 14.4 Å². The van der Waals surface area contributed by atoms with Crippen molar-refractivity contribution in [2.75, 3.05) is 32.8 Å². The number of carbonyl (C=O) groups excluding carboxylic acids is 2. The van der Waals surface area contributed by atoms with Gasteiger partial charge in [-0.1, -0.05) is 20.3 Å². The summed E-state index contributed by atoms with van der Waals surface area (Å²) >= 11 is 0. The molecule has 8 nitrogen and oxygen atoms in total. The molecule has 29 heavy (non-hydrogen) atoms. The summed E-state index contributed by atoms with van der Waals surface area (Å²) in [6.07, 6.45) is 5.49. The number of piperidine rings is 2. The normalized spacial score (nSPS) is 20.8. The first-order valence-corrected chi connectivity index (χ1v) is 11.0. The molecule has 2 fully saturated rings. The van der Waals surface area contributed by atoms with Crippen LogP contribution in [0.5, 0.6) is 0 Å². The first-order valence-electron chi connectivity index (χ1n) is 11.0. The molecule has 0 saturated carbocycles. The van der Waals surface area contributed by atoms with Gasteiger partial charge in [-0.15, -0.1) is 0 Å². The number of nitrogens with one attached hydrogen (secondary N) is 2. The van der Waals surface area contributed by atoms with Crippen molar-refractivity contribution in [3.8, 4) is 0 Å². The van der Waals surface area contributed by atoms with Crippen molar-refractivity contribution < 1.29 is 24.2 Å². The van der Waals surface area contributed by atoms with Crippen molar-refractivity contribution in [2.24, 2.45) is 11.8 Å². The lowest BCUT2D eigenvalue weighted by Crippen LogP contribution is -2.54. The minimum atomic E-state index is -0.979. The molecule has 166 valence electrons. The Hall–Kier alpha value is -1.67. The molecule has 0 aromatic carbocycles. The molecule has 0 unspecified atom stereocenters. The molecule has 2 heterocycles. The molecule has 0 radical (unpaired) electrons. The Bertz CT molecular complexity index is 542. The second-order valence-electron chi connectivity index (χ2n) is 8.39. The van der Waals surface area contributed by atoms with Crippen molar-refractivity contribution in [3.05, 3.63) is 0 Å². The Kier molecular flexibility index (Phi) is 9.87. The predicted octanol–water partition coefficient (Wildman–Crippen LogP) is 1.39. The summed E-state index contributed by atoms with van der Waals surface area (Å²) in [4.78, 5) is 38.0. The van der Waals surface area contributed by atoms with Gasteiger partial charge in [-0.25, -0.2) is 4.79 Å². The van der Waals surface area contributed by atoms with Gasteiger partial charge in [0.25, 0.3) is 0 Å². The topological polar surface area (TPSA) is 108 Å². The van der Waals surface area contributed by atoms with Crippen LogP contribution in [0.2, 0.25) is 0 Å². The molecule has 0 aliphatic carbocycles. The zero-order valence-corrected chi connectivity index (χ0v) is 17.8. The maximum absolute atomic E-state index is 13.1. The molecule has 2 aliphatic rings. The van der Waals surface area contributed by atoms with Crippen LogP contribution in [0.4, 0.5) is 0 Å². The summed E-state index contributed by atoms with van der Waals surface area (Å²) in [6, 6.07) is -0.503. The van der Waals surface area contributed by atoms with Gasteiger partial charge < -0.3 is 25.4 Å². The number of ether oxygens (including phenoxy) is 1. The van der Waals surface area contributed by atoms with Crippen LogP contribution in [0.25, 0.3) is 0 Å². The predicted molar refractivity (Wildman–Crippen MR) is 109 cm³/mol. The lowest BCUT2D eigenvalue weighted by atomic mass is 9.92. The number of hydrogen-bond donors (Lipinski definition) is 3. The number of rotatable bonds is 10. The van der Waals surface area contributed by atoms with Gasteiger partial charge in [-0.2, -0.15) is 0 Å². The van der Waals surface area contributed by atoms with E-state index in [1.807, 2.05) is 13.8 Å². The van der Waals surface area contributed by atoms with Gasteiger partial charge in [-0.05, 0) is 57.0 Å². The minimum Gasteiger partial charge on any atom is -0.480 e. The highest BCUT2D eigenvalue weighted by atomic mass is 16.5. The van der Waals surface area contributed by atoms with Crippen molar-refractivity contribution in [2.45, 2.75) is 70.9 Å². The number of aliphatic carboxylic acids is 1. The fraction of sp³-hybridized carbons (Fsp3) is 0.857. The van der Waals surface area contributed by atoms with Crippen LogP contribution >= 0.6 is 0 Å². The first-order chi connectivity index (χ1) is 13.9. The lowest BCUT2D eigenvalue weighted by Gasteiger charge is -2.35. The monoisotopic (exact) mass is 411 g/mol. The number of hydrogen-bond acceptors (Lipinski definition) is 5. The molecule has 8 heteroatoms. The fourth-order valence-corrected chi connectivity index (χ4v) is 4.06. The largest absolute Gasteiger partial charge is 0.480 e. The fourth-order valence-electron chi connectivity index (χ4n) is 4.06. The van der Waals surface area contributed by atoms with Gasteiger partial charge in [0.1, 0.15) is 12.6 Å². The second-order valence-corrected chi connectivity index (χ2v) is 8.39. The van der Waals surface area contributed by atoms with E-state index in [4.69, 9.17) is 9.84 Å². The smallest absolute Gasteiger partial charge is 0.329 e. The number of carbonyl (C=O) groups is 3. The van der Waals surface area contributed by atoms with Crippen molar-refractivity contribution in [1.82, 2.24) is 15.5 Å². The van der Waals surface area contributed by atoms with Crippen LogP contribution in [0, 0.1) is 11.8 Å². The molecule has 2 rings (SSSR count). The quantitative estimate of drug-likeness (QED) is 0.501. The molecule has 0 spiro atoms. The van der Waals surface area contributed by atoms with Gasteiger partial charge >= 0.3 is 5.97 Å². The Morgan fingerprint density at radius 2 is 1.83 bits per heavy atom. The molecule has 0 aromatic rings. The van der Waals surface area contributed by atoms with E-state index >= 15 is 0 Å². The van der Waals surface area contributed by atoms with E-state index < -0.39 is 12.0 Å². The molecule has 0 bridgehead atoms. The highest BCUT2D eigenvalue weighted by molar-refractivity contribution is 5.88. The molecular weight excluding hydrogens is 374 g/mol. The zero-order chi connectivity index (χ0) is 21.2. The summed E-state index contributed by atoms with van der Waals surface area (Å²) in [5, 5.41) is 15.1. The SMILES string of the molecule is CC[C@H](C)[C@H](NC(=O)CCC1CCNCC1)C(=O)N1CCC(OCC(=O)O)CC1. The Balaban J connectivity index is 1.82. The summed E-state index contributed by atoms with van der Waals surface area (Å²) in [7, 11) is 0. The summed E-state index contributed by atoms with van der Waals surface area (Å²) in [5.41, 5.74) is 0. The first kappa shape index (κ1) is 23.6. The maximum atomic E-state index is 13.1. The number of amides is 2. The third kappa shape index (κ3) is 7.93. The zero-order valence-electron chi connectivity index (χ0n) is 17.8. The molecule has 2 amide bonds. The Morgan fingerprint density at radius 1 is 1.17 bits per heavy atom. The van der Waals surface area contributed by atoms with Crippen LogP contribution in [0.3, 0.4) is 0 Å². The van der Waals surface area contributed by atoms with E-state index in [1.54, 1.807) is 4.90 Å². The van der Waals surface area contributed by atoms with Crippen LogP contribution in [0.15, 0.2) is 0 Å². The second kappa shape index (κ2) is 12.1. The van der Waals surface area contributed by atoms with E-state index in [2.05, 4.69) is 10.6 Å². The number of carboxylic acids is 1. The Morgan fingerprint density at radius 3 is 2.41 bits per heavy atom. The van der Waals surface area contributed by atoms with Crippen LogP contribution in [-0.4, -0.2) is 72.7 Å². The number of nitrogens with zero attached hydrogens (tertiary/aromatic N) is 1. The minimum absolute atomic E-state index is 0.0359. The van der Waals surface area contributed by atoms with Gasteiger partial charge in [0.05, 0.1) is 6.10 Å². The number of carboxylic acid groups (broad SMARTS) is 1. The molecule has 3 N–H and O–H groups in total. The molecule has 0 aromatic heterocycles. The highest BCUT2D eigenvalue weighted by Gasteiger charge is 2.32. The van der Waals surface area contributed by atoms with Crippen molar-refractivity contribution in [3.63, 3.8) is 0 Å². The van der Waals surface area contributed by atoms with E-state index in [-0.39, 0.29) is 30.4 Å². The highest BCUT2D eigenvalue weighted by Crippen LogP contribution is 2.20. The average Bonchev–Trinajstić information content (AvgIpc) is 2.74. The molecular formula is C21H37N3O5. The van der Waals surface area contributed by atoms with Crippen LogP contribution < -0.4 is 10.6 Å². The van der Waals surface area contributed by atoms with Crippen molar-refractivity contribution >= 4 is 17.8 Å². The van der Waals surface area contributed by atoms with Crippen molar-refractivity contribution in [1.29, 1.82) is 0 Å². The average molecular weight is 412 g/mol. The molecule has 2 atom stereocenters. The molecule has 2 aliphatic heterocycles. The van der Waals surface area contributed by atoms with E-state index in [1.165, 1.54) is 0 Å². The van der Waals surface area contributed by atoms with Crippen LogP contribution in [0.1, 0.15) is 58.8 Å². The van der Waals surface area contributed by atoms with E-state index in [0.29, 0.717) is 38.3 Å². The van der Waals surface area contributed by atoms with Gasteiger partial charge in [0, 0.05) is 19.5 Å². The Labute approximate surface area is 173 Å². The van der Waals surface area contributed by atoms with Gasteiger partial charge in [0.2, 0.25) is 11.8 Å². The standard InChI is InChI=1S/C21H37N3O5/c1-3-15(2)20(23-18(25)5-4-16-6-10-22-11-7-16)21(28)24-12-8-17(9-13-24)29-14-19(26)27/h15-17,20,22H,3-14H2,1-2H3,(H,23,25)(H,26,27)/t15-,20-/m0/s1. The third-order valence-electron chi connectivity index (χ3n) is 6.23.